The molecule has 2 aromatic rings. The number of esters is 1. The molecule has 108 valence electrons. The van der Waals surface area contributed by atoms with Gasteiger partial charge < -0.3 is 4.74 Å². The number of nitrogens with one attached hydrogen (secondary N) is 1. The van der Waals surface area contributed by atoms with Crippen molar-refractivity contribution in [2.24, 2.45) is 0 Å². The van der Waals surface area contributed by atoms with Gasteiger partial charge in [-0.25, -0.2) is 9.78 Å². The second kappa shape index (κ2) is 7.25. The first-order valence-electron chi connectivity index (χ1n) is 6.77. The Labute approximate surface area is 123 Å². The first-order chi connectivity index (χ1) is 10.2. The molecule has 0 aliphatic rings. The Morgan fingerprint density at radius 2 is 2.10 bits per heavy atom. The fourth-order valence-corrected chi connectivity index (χ4v) is 1.76. The second-order valence-electron chi connectivity index (χ2n) is 4.49. The zero-order valence-electron chi connectivity index (χ0n) is 12.1. The molecule has 5 nitrogen and oxygen atoms in total. The molecule has 0 unspecified atom stereocenters. The molecule has 0 spiro atoms. The molecule has 0 atom stereocenters. The van der Waals surface area contributed by atoms with Crippen LogP contribution < -0.4 is 0 Å². The van der Waals surface area contributed by atoms with Crippen LogP contribution in [-0.4, -0.2) is 27.8 Å². The Bertz CT molecular complexity index is 663. The number of carbonyl (C=O) groups is 1. The van der Waals surface area contributed by atoms with E-state index in [1.807, 2.05) is 19.1 Å². The number of H-pyrrole nitrogens is 1. The minimum Gasteiger partial charge on any atom is -0.462 e. The Balaban J connectivity index is 1.92. The van der Waals surface area contributed by atoms with E-state index in [2.05, 4.69) is 27.0 Å². The highest BCUT2D eigenvalue weighted by Gasteiger charge is 2.08. The number of aromatic nitrogens is 3. The molecule has 0 aliphatic carbocycles. The van der Waals surface area contributed by atoms with Gasteiger partial charge >= 0.3 is 5.97 Å². The average Bonchev–Trinajstić information content (AvgIpc) is 2.93. The Kier molecular flexibility index (Phi) is 5.10. The van der Waals surface area contributed by atoms with Crippen LogP contribution in [0.5, 0.6) is 0 Å². The van der Waals surface area contributed by atoms with Crippen LogP contribution in [0.15, 0.2) is 24.3 Å². The normalized spacial score (nSPS) is 9.81. The zero-order valence-corrected chi connectivity index (χ0v) is 12.1. The molecule has 0 saturated carbocycles. The molecule has 0 aliphatic heterocycles. The lowest BCUT2D eigenvalue weighted by Gasteiger charge is -2.04. The number of aromatic amines is 1. The van der Waals surface area contributed by atoms with Gasteiger partial charge in [0, 0.05) is 12.0 Å². The third-order valence-corrected chi connectivity index (χ3v) is 2.83. The number of benzene rings is 1. The zero-order chi connectivity index (χ0) is 15.1. The Morgan fingerprint density at radius 1 is 1.33 bits per heavy atom. The van der Waals surface area contributed by atoms with E-state index in [4.69, 9.17) is 4.74 Å². The lowest BCUT2D eigenvalue weighted by Crippen LogP contribution is -2.06. The summed E-state index contributed by atoms with van der Waals surface area (Å²) in [7, 11) is 0. The molecule has 1 N–H and O–H groups in total. The minimum absolute atomic E-state index is 0.322. The summed E-state index contributed by atoms with van der Waals surface area (Å²) in [5.41, 5.74) is 1.38. The minimum atomic E-state index is -0.322. The number of unbranched alkanes of at least 4 members (excludes halogenated alkanes) is 1. The van der Waals surface area contributed by atoms with Gasteiger partial charge in [-0.2, -0.15) is 5.10 Å². The van der Waals surface area contributed by atoms with Crippen molar-refractivity contribution in [3.05, 3.63) is 35.7 Å². The van der Waals surface area contributed by atoms with E-state index in [9.17, 15) is 4.79 Å². The smallest absolute Gasteiger partial charge is 0.338 e. The van der Waals surface area contributed by atoms with E-state index in [-0.39, 0.29) is 5.97 Å². The summed E-state index contributed by atoms with van der Waals surface area (Å²) >= 11 is 0. The Morgan fingerprint density at radius 3 is 2.71 bits per heavy atom. The maximum atomic E-state index is 11.8. The van der Waals surface area contributed by atoms with Crippen molar-refractivity contribution in [3.63, 3.8) is 0 Å². The third kappa shape index (κ3) is 4.18. The molecule has 5 heteroatoms. The van der Waals surface area contributed by atoms with E-state index < -0.39 is 0 Å². The summed E-state index contributed by atoms with van der Waals surface area (Å²) < 4.78 is 5.18. The van der Waals surface area contributed by atoms with Gasteiger partial charge in [0.05, 0.1) is 12.2 Å². The SMILES string of the molecule is CC#CCCCOC(=O)c1ccc(-c2n[nH]c(C)n2)cc1. The van der Waals surface area contributed by atoms with E-state index in [0.29, 0.717) is 18.0 Å². The molecule has 1 aromatic carbocycles. The number of rotatable bonds is 5. The van der Waals surface area contributed by atoms with Gasteiger partial charge in [0.2, 0.25) is 0 Å². The molecule has 1 aromatic heterocycles. The fraction of sp³-hybridized carbons (Fsp3) is 0.312. The number of nitrogens with zero attached hydrogens (tertiary/aromatic N) is 2. The molecule has 0 radical (unpaired) electrons. The number of hydrogen-bond donors (Lipinski definition) is 1. The van der Waals surface area contributed by atoms with Gasteiger partial charge in [0.15, 0.2) is 5.82 Å². The van der Waals surface area contributed by atoms with Crippen LogP contribution in [0, 0.1) is 18.8 Å². The number of ether oxygens (including phenoxy) is 1. The summed E-state index contributed by atoms with van der Waals surface area (Å²) in [5.74, 6) is 6.78. The second-order valence-corrected chi connectivity index (χ2v) is 4.49. The maximum absolute atomic E-state index is 11.8. The van der Waals surface area contributed by atoms with Crippen LogP contribution >= 0.6 is 0 Å². The molecule has 0 bridgehead atoms. The van der Waals surface area contributed by atoms with Gasteiger partial charge in [0.25, 0.3) is 0 Å². The standard InChI is InChI=1S/C16H17N3O2/c1-3-4-5-6-11-21-16(20)14-9-7-13(8-10-14)15-17-12(2)18-19-15/h7-10H,5-6,11H2,1-2H3,(H,17,18,19). The van der Waals surface area contributed by atoms with Crippen molar-refractivity contribution in [3.8, 4) is 23.2 Å². The lowest BCUT2D eigenvalue weighted by molar-refractivity contribution is 0.0502. The first-order valence-corrected chi connectivity index (χ1v) is 6.77. The highest BCUT2D eigenvalue weighted by atomic mass is 16.5. The summed E-state index contributed by atoms with van der Waals surface area (Å²) in [4.78, 5) is 16.1. The lowest BCUT2D eigenvalue weighted by atomic mass is 10.1. The Hall–Kier alpha value is -2.61. The van der Waals surface area contributed by atoms with Gasteiger partial charge in [-0.15, -0.1) is 11.8 Å². The van der Waals surface area contributed by atoms with Crippen LogP contribution in [0.3, 0.4) is 0 Å². The maximum Gasteiger partial charge on any atom is 0.338 e. The summed E-state index contributed by atoms with van der Waals surface area (Å²) in [6, 6.07) is 7.05. The first kappa shape index (κ1) is 14.8. The monoisotopic (exact) mass is 283 g/mol. The van der Waals surface area contributed by atoms with Crippen molar-refractivity contribution < 1.29 is 9.53 Å². The number of hydrogen-bond acceptors (Lipinski definition) is 4. The summed E-state index contributed by atoms with van der Waals surface area (Å²) in [5, 5.41) is 6.86. The number of aryl methyl sites for hydroxylation is 1. The van der Waals surface area contributed by atoms with Crippen molar-refractivity contribution in [1.82, 2.24) is 15.2 Å². The van der Waals surface area contributed by atoms with E-state index in [0.717, 1.165) is 24.2 Å². The van der Waals surface area contributed by atoms with Crippen LogP contribution in [0.1, 0.15) is 35.9 Å². The summed E-state index contributed by atoms with van der Waals surface area (Å²) in [6.07, 6.45) is 1.49. The van der Waals surface area contributed by atoms with Crippen LogP contribution in [0.4, 0.5) is 0 Å². The molecule has 2 rings (SSSR count). The predicted molar refractivity (Wildman–Crippen MR) is 79.5 cm³/mol. The quantitative estimate of drug-likeness (QED) is 0.520. The van der Waals surface area contributed by atoms with E-state index in [1.54, 1.807) is 19.1 Å². The van der Waals surface area contributed by atoms with Gasteiger partial charge in [-0.05, 0) is 32.4 Å². The third-order valence-electron chi connectivity index (χ3n) is 2.83. The van der Waals surface area contributed by atoms with E-state index in [1.165, 1.54) is 0 Å². The number of carbonyl (C=O) groups excluding carboxylic acids is 1. The molecular weight excluding hydrogens is 266 g/mol. The predicted octanol–water partition coefficient (Wildman–Crippen LogP) is 2.74. The average molecular weight is 283 g/mol. The van der Waals surface area contributed by atoms with Crippen LogP contribution in [0.2, 0.25) is 0 Å². The van der Waals surface area contributed by atoms with Gasteiger partial charge in [-0.1, -0.05) is 12.1 Å². The van der Waals surface area contributed by atoms with Gasteiger partial charge in [-0.3, -0.25) is 5.10 Å². The van der Waals surface area contributed by atoms with Crippen LogP contribution in [0.25, 0.3) is 11.4 Å². The van der Waals surface area contributed by atoms with Crippen molar-refractivity contribution in [2.45, 2.75) is 26.7 Å². The van der Waals surface area contributed by atoms with Crippen LogP contribution in [-0.2, 0) is 4.74 Å². The fourth-order valence-electron chi connectivity index (χ4n) is 1.76. The molecule has 0 fully saturated rings. The van der Waals surface area contributed by atoms with Crippen molar-refractivity contribution in [1.29, 1.82) is 0 Å². The molecule has 21 heavy (non-hydrogen) atoms. The molecule has 0 amide bonds. The van der Waals surface area contributed by atoms with Crippen molar-refractivity contribution >= 4 is 5.97 Å². The van der Waals surface area contributed by atoms with E-state index >= 15 is 0 Å². The molecule has 1 heterocycles. The summed E-state index contributed by atoms with van der Waals surface area (Å²) in [6.45, 7) is 4.02. The molecular formula is C16H17N3O2. The topological polar surface area (TPSA) is 67.9 Å². The highest BCUT2D eigenvalue weighted by Crippen LogP contribution is 2.15. The van der Waals surface area contributed by atoms with Gasteiger partial charge in [0.1, 0.15) is 5.82 Å². The largest absolute Gasteiger partial charge is 0.462 e. The molecule has 0 saturated heterocycles. The van der Waals surface area contributed by atoms with Crippen molar-refractivity contribution in [2.75, 3.05) is 6.61 Å². The highest BCUT2D eigenvalue weighted by molar-refractivity contribution is 5.89.